The molecule has 1 aliphatic carbocycles. The van der Waals surface area contributed by atoms with E-state index >= 15 is 0 Å². The number of rotatable bonds is 4. The molecule has 1 rings (SSSR count). The van der Waals surface area contributed by atoms with Crippen LogP contribution in [-0.4, -0.2) is 25.8 Å². The van der Waals surface area contributed by atoms with Gasteiger partial charge in [-0.2, -0.15) is 0 Å². The molecule has 0 aliphatic heterocycles. The Balaban J connectivity index is 2.26. The van der Waals surface area contributed by atoms with Gasteiger partial charge in [0.1, 0.15) is 0 Å². The summed E-state index contributed by atoms with van der Waals surface area (Å²) in [5, 5.41) is 2.63. The number of amides is 1. The van der Waals surface area contributed by atoms with Crippen molar-refractivity contribution in [1.82, 2.24) is 5.32 Å². The first-order valence-corrected chi connectivity index (χ1v) is 5.88. The van der Waals surface area contributed by atoms with Crippen molar-refractivity contribution in [2.24, 2.45) is 17.6 Å². The van der Waals surface area contributed by atoms with Crippen molar-refractivity contribution < 1.29 is 9.53 Å². The zero-order valence-electron chi connectivity index (χ0n) is 9.50. The SMILES string of the molecule is CCNC(=O)OCC1CCCCC1CN. The number of hydrogen-bond donors (Lipinski definition) is 2. The summed E-state index contributed by atoms with van der Waals surface area (Å²) >= 11 is 0. The van der Waals surface area contributed by atoms with Crippen molar-refractivity contribution in [3.8, 4) is 0 Å². The van der Waals surface area contributed by atoms with Gasteiger partial charge in [-0.3, -0.25) is 0 Å². The van der Waals surface area contributed by atoms with E-state index in [1.165, 1.54) is 19.3 Å². The van der Waals surface area contributed by atoms with Crippen LogP contribution in [0.25, 0.3) is 0 Å². The molecule has 1 fully saturated rings. The predicted molar refractivity (Wildman–Crippen MR) is 59.5 cm³/mol. The molecule has 0 spiro atoms. The van der Waals surface area contributed by atoms with E-state index in [-0.39, 0.29) is 6.09 Å². The zero-order chi connectivity index (χ0) is 11.1. The summed E-state index contributed by atoms with van der Waals surface area (Å²) in [5.41, 5.74) is 5.70. The van der Waals surface area contributed by atoms with Crippen molar-refractivity contribution >= 4 is 6.09 Å². The number of carbonyl (C=O) groups excluding carboxylic acids is 1. The van der Waals surface area contributed by atoms with Crippen LogP contribution in [0.2, 0.25) is 0 Å². The van der Waals surface area contributed by atoms with Crippen molar-refractivity contribution in [1.29, 1.82) is 0 Å². The molecular formula is C11H22N2O2. The lowest BCUT2D eigenvalue weighted by Gasteiger charge is -2.29. The number of nitrogens with one attached hydrogen (secondary N) is 1. The molecule has 15 heavy (non-hydrogen) atoms. The highest BCUT2D eigenvalue weighted by Gasteiger charge is 2.24. The van der Waals surface area contributed by atoms with Gasteiger partial charge in [0.15, 0.2) is 0 Å². The fourth-order valence-electron chi connectivity index (χ4n) is 2.19. The summed E-state index contributed by atoms with van der Waals surface area (Å²) in [7, 11) is 0. The quantitative estimate of drug-likeness (QED) is 0.745. The van der Waals surface area contributed by atoms with Crippen LogP contribution in [0, 0.1) is 11.8 Å². The molecule has 1 amide bonds. The van der Waals surface area contributed by atoms with E-state index < -0.39 is 0 Å². The monoisotopic (exact) mass is 214 g/mol. The van der Waals surface area contributed by atoms with E-state index in [2.05, 4.69) is 5.32 Å². The van der Waals surface area contributed by atoms with Crippen LogP contribution < -0.4 is 11.1 Å². The highest BCUT2D eigenvalue weighted by molar-refractivity contribution is 5.66. The summed E-state index contributed by atoms with van der Waals surface area (Å²) in [4.78, 5) is 11.1. The first-order valence-electron chi connectivity index (χ1n) is 5.88. The fraction of sp³-hybridized carbons (Fsp3) is 0.909. The van der Waals surface area contributed by atoms with Crippen molar-refractivity contribution in [3.63, 3.8) is 0 Å². The first-order chi connectivity index (χ1) is 7.27. The smallest absolute Gasteiger partial charge is 0.407 e. The third-order valence-electron chi connectivity index (χ3n) is 3.12. The molecule has 2 atom stereocenters. The summed E-state index contributed by atoms with van der Waals surface area (Å²) in [6.45, 7) is 3.73. The maximum absolute atomic E-state index is 11.1. The molecule has 0 aromatic carbocycles. The van der Waals surface area contributed by atoms with Gasteiger partial charge in [0.25, 0.3) is 0 Å². The summed E-state index contributed by atoms with van der Waals surface area (Å²) in [6, 6.07) is 0. The molecule has 3 N–H and O–H groups in total. The molecule has 1 saturated carbocycles. The minimum Gasteiger partial charge on any atom is -0.449 e. The minimum absolute atomic E-state index is 0.307. The highest BCUT2D eigenvalue weighted by Crippen LogP contribution is 2.29. The lowest BCUT2D eigenvalue weighted by molar-refractivity contribution is 0.0944. The normalized spacial score (nSPS) is 26.0. The van der Waals surface area contributed by atoms with E-state index in [1.807, 2.05) is 6.92 Å². The van der Waals surface area contributed by atoms with Gasteiger partial charge in [-0.05, 0) is 38.1 Å². The van der Waals surface area contributed by atoms with E-state index in [0.29, 0.717) is 31.5 Å². The first kappa shape index (κ1) is 12.3. The standard InChI is InChI=1S/C11H22N2O2/c1-2-13-11(14)15-8-10-6-4-3-5-9(10)7-12/h9-10H,2-8,12H2,1H3,(H,13,14). The second kappa shape index (κ2) is 6.67. The molecular weight excluding hydrogens is 192 g/mol. The third-order valence-corrected chi connectivity index (χ3v) is 3.12. The molecule has 4 nitrogen and oxygen atoms in total. The van der Waals surface area contributed by atoms with Crippen LogP contribution in [0.15, 0.2) is 0 Å². The van der Waals surface area contributed by atoms with Gasteiger partial charge in [-0.25, -0.2) is 4.79 Å². The van der Waals surface area contributed by atoms with Gasteiger partial charge >= 0.3 is 6.09 Å². The number of nitrogens with two attached hydrogens (primary N) is 1. The maximum atomic E-state index is 11.1. The summed E-state index contributed by atoms with van der Waals surface area (Å²) in [5.74, 6) is 1.000. The van der Waals surface area contributed by atoms with Crippen LogP contribution in [-0.2, 0) is 4.74 Å². The predicted octanol–water partition coefficient (Wildman–Crippen LogP) is 1.50. The topological polar surface area (TPSA) is 64.3 Å². The summed E-state index contributed by atoms with van der Waals surface area (Å²) < 4.78 is 5.15. The molecule has 0 heterocycles. The number of hydrogen-bond acceptors (Lipinski definition) is 3. The highest BCUT2D eigenvalue weighted by atomic mass is 16.5. The molecule has 0 radical (unpaired) electrons. The van der Waals surface area contributed by atoms with E-state index in [4.69, 9.17) is 10.5 Å². The van der Waals surface area contributed by atoms with Gasteiger partial charge in [-0.15, -0.1) is 0 Å². The molecule has 1 aliphatic rings. The van der Waals surface area contributed by atoms with Gasteiger partial charge < -0.3 is 15.8 Å². The maximum Gasteiger partial charge on any atom is 0.407 e. The Bertz CT molecular complexity index is 197. The van der Waals surface area contributed by atoms with Crippen molar-refractivity contribution in [2.75, 3.05) is 19.7 Å². The average Bonchev–Trinajstić information content (AvgIpc) is 2.27. The van der Waals surface area contributed by atoms with Crippen molar-refractivity contribution in [3.05, 3.63) is 0 Å². The number of carbonyl (C=O) groups is 1. The molecule has 0 aromatic rings. The van der Waals surface area contributed by atoms with Crippen LogP contribution in [0.5, 0.6) is 0 Å². The van der Waals surface area contributed by atoms with Gasteiger partial charge in [0, 0.05) is 6.54 Å². The largest absolute Gasteiger partial charge is 0.449 e. The summed E-state index contributed by atoms with van der Waals surface area (Å²) in [6.07, 6.45) is 4.51. The van der Waals surface area contributed by atoms with E-state index in [0.717, 1.165) is 6.42 Å². The van der Waals surface area contributed by atoms with Crippen LogP contribution in [0.3, 0.4) is 0 Å². The Hall–Kier alpha value is -0.770. The van der Waals surface area contributed by atoms with Gasteiger partial charge in [0.05, 0.1) is 6.61 Å². The molecule has 88 valence electrons. The van der Waals surface area contributed by atoms with Crippen molar-refractivity contribution in [2.45, 2.75) is 32.6 Å². The molecule has 0 bridgehead atoms. The Morgan fingerprint density at radius 1 is 1.40 bits per heavy atom. The third kappa shape index (κ3) is 4.08. The fourth-order valence-corrected chi connectivity index (χ4v) is 2.19. The van der Waals surface area contributed by atoms with Crippen LogP contribution in [0.1, 0.15) is 32.6 Å². The Labute approximate surface area is 91.5 Å². The van der Waals surface area contributed by atoms with E-state index in [1.54, 1.807) is 0 Å². The van der Waals surface area contributed by atoms with E-state index in [9.17, 15) is 4.79 Å². The lowest BCUT2D eigenvalue weighted by atomic mass is 9.80. The molecule has 0 saturated heterocycles. The number of ether oxygens (including phenoxy) is 1. The second-order valence-corrected chi connectivity index (χ2v) is 4.17. The average molecular weight is 214 g/mol. The minimum atomic E-state index is -0.307. The van der Waals surface area contributed by atoms with Gasteiger partial charge in [0.2, 0.25) is 0 Å². The lowest BCUT2D eigenvalue weighted by Crippen LogP contribution is -2.33. The van der Waals surface area contributed by atoms with Crippen LogP contribution in [0.4, 0.5) is 4.79 Å². The number of alkyl carbamates (subject to hydrolysis) is 1. The van der Waals surface area contributed by atoms with Gasteiger partial charge in [-0.1, -0.05) is 12.8 Å². The zero-order valence-corrected chi connectivity index (χ0v) is 9.50. The van der Waals surface area contributed by atoms with Crippen LogP contribution >= 0.6 is 0 Å². The Morgan fingerprint density at radius 3 is 2.67 bits per heavy atom. The Morgan fingerprint density at radius 2 is 2.07 bits per heavy atom. The second-order valence-electron chi connectivity index (χ2n) is 4.17. The molecule has 4 heteroatoms. The molecule has 0 aromatic heterocycles. The molecule has 2 unspecified atom stereocenters. The Kier molecular flexibility index (Phi) is 5.47.